The van der Waals surface area contributed by atoms with Crippen LogP contribution in [-0.2, 0) is 4.74 Å². The normalized spacial score (nSPS) is 20.7. The second kappa shape index (κ2) is 7.18. The van der Waals surface area contributed by atoms with Gasteiger partial charge in [-0.25, -0.2) is 4.79 Å². The summed E-state index contributed by atoms with van der Waals surface area (Å²) in [6.07, 6.45) is 3.66. The first-order valence-electron chi connectivity index (χ1n) is 8.10. The third kappa shape index (κ3) is 5.05. The minimum absolute atomic E-state index is 0.187. The Balaban J connectivity index is 1.79. The molecule has 1 saturated heterocycles. The fourth-order valence-electron chi connectivity index (χ4n) is 2.71. The van der Waals surface area contributed by atoms with Crippen LogP contribution in [0.4, 0.5) is 4.79 Å². The van der Waals surface area contributed by atoms with Crippen LogP contribution in [-0.4, -0.2) is 36.2 Å². The van der Waals surface area contributed by atoms with Gasteiger partial charge in [-0.3, -0.25) is 0 Å². The second-order valence-electron chi connectivity index (χ2n) is 7.08. The van der Waals surface area contributed by atoms with E-state index >= 15 is 0 Å². The Morgan fingerprint density at radius 2 is 2.32 bits per heavy atom. The first-order valence-corrected chi connectivity index (χ1v) is 8.10. The SMILES string of the molecule is C[C@@H](NCC1CCCN(C(=O)OC(C)(C)C)C1)c1ccco1. The summed E-state index contributed by atoms with van der Waals surface area (Å²) in [7, 11) is 0. The molecule has 0 saturated carbocycles. The molecule has 0 bridgehead atoms. The molecule has 0 radical (unpaired) electrons. The molecule has 5 heteroatoms. The maximum absolute atomic E-state index is 12.2. The van der Waals surface area contributed by atoms with Crippen molar-refractivity contribution in [1.82, 2.24) is 10.2 Å². The summed E-state index contributed by atoms with van der Waals surface area (Å²) in [5, 5.41) is 3.49. The first kappa shape index (κ1) is 16.9. The Bertz CT molecular complexity index is 465. The predicted molar refractivity (Wildman–Crippen MR) is 85.7 cm³/mol. The van der Waals surface area contributed by atoms with Crippen molar-refractivity contribution >= 4 is 6.09 Å². The summed E-state index contributed by atoms with van der Waals surface area (Å²) in [5.41, 5.74) is -0.434. The number of ether oxygens (including phenoxy) is 1. The van der Waals surface area contributed by atoms with Crippen molar-refractivity contribution in [1.29, 1.82) is 0 Å². The molecular formula is C17H28N2O3. The number of furan rings is 1. The largest absolute Gasteiger partial charge is 0.468 e. The van der Waals surface area contributed by atoms with Crippen molar-refractivity contribution in [2.45, 2.75) is 52.2 Å². The average molecular weight is 308 g/mol. The zero-order valence-electron chi connectivity index (χ0n) is 14.1. The number of hydrogen-bond donors (Lipinski definition) is 1. The number of nitrogens with one attached hydrogen (secondary N) is 1. The zero-order valence-corrected chi connectivity index (χ0v) is 14.1. The van der Waals surface area contributed by atoms with Gasteiger partial charge in [0, 0.05) is 19.6 Å². The van der Waals surface area contributed by atoms with Gasteiger partial charge in [0.15, 0.2) is 0 Å². The molecule has 1 fully saturated rings. The van der Waals surface area contributed by atoms with Gasteiger partial charge < -0.3 is 19.4 Å². The third-order valence-electron chi connectivity index (χ3n) is 3.85. The Hall–Kier alpha value is -1.49. The van der Waals surface area contributed by atoms with Crippen molar-refractivity contribution in [3.63, 3.8) is 0 Å². The summed E-state index contributed by atoms with van der Waals surface area (Å²) in [4.78, 5) is 14.0. The molecule has 1 aromatic rings. The lowest BCUT2D eigenvalue weighted by atomic mass is 9.98. The van der Waals surface area contributed by atoms with Gasteiger partial charge in [0.05, 0.1) is 12.3 Å². The quantitative estimate of drug-likeness (QED) is 0.923. The summed E-state index contributed by atoms with van der Waals surface area (Å²) >= 11 is 0. The monoisotopic (exact) mass is 308 g/mol. The van der Waals surface area contributed by atoms with Crippen LogP contribution in [0.3, 0.4) is 0 Å². The van der Waals surface area contributed by atoms with Gasteiger partial charge in [-0.15, -0.1) is 0 Å². The van der Waals surface area contributed by atoms with Gasteiger partial charge in [-0.1, -0.05) is 0 Å². The second-order valence-corrected chi connectivity index (χ2v) is 7.08. The number of rotatable bonds is 4. The molecule has 0 spiro atoms. The van der Waals surface area contributed by atoms with Crippen LogP contribution in [0, 0.1) is 5.92 Å². The minimum Gasteiger partial charge on any atom is -0.468 e. The van der Waals surface area contributed by atoms with Crippen molar-refractivity contribution < 1.29 is 13.9 Å². The van der Waals surface area contributed by atoms with Gasteiger partial charge in [-0.2, -0.15) is 0 Å². The van der Waals surface area contributed by atoms with E-state index in [0.29, 0.717) is 5.92 Å². The molecule has 1 aromatic heterocycles. The van der Waals surface area contributed by atoms with E-state index in [2.05, 4.69) is 12.2 Å². The highest BCUT2D eigenvalue weighted by molar-refractivity contribution is 5.68. The lowest BCUT2D eigenvalue weighted by molar-refractivity contribution is 0.0165. The highest BCUT2D eigenvalue weighted by atomic mass is 16.6. The fourth-order valence-corrected chi connectivity index (χ4v) is 2.71. The standard InChI is InChI=1S/C17H28N2O3/c1-13(15-8-6-10-21-15)18-11-14-7-5-9-19(12-14)16(20)22-17(2,3)4/h6,8,10,13-14,18H,5,7,9,11-12H2,1-4H3/t13-,14?/m1/s1. The van der Waals surface area contributed by atoms with Crippen LogP contribution in [0.15, 0.2) is 22.8 Å². The molecule has 1 unspecified atom stereocenters. The summed E-state index contributed by atoms with van der Waals surface area (Å²) in [6, 6.07) is 4.07. The van der Waals surface area contributed by atoms with Crippen LogP contribution < -0.4 is 5.32 Å². The molecule has 0 aromatic carbocycles. The van der Waals surface area contributed by atoms with Gasteiger partial charge in [0.2, 0.25) is 0 Å². The van der Waals surface area contributed by atoms with Crippen LogP contribution in [0.1, 0.15) is 52.3 Å². The van der Waals surface area contributed by atoms with E-state index in [4.69, 9.17) is 9.15 Å². The molecule has 1 aliphatic heterocycles. The number of hydrogen-bond acceptors (Lipinski definition) is 4. The third-order valence-corrected chi connectivity index (χ3v) is 3.85. The van der Waals surface area contributed by atoms with Crippen molar-refractivity contribution in [3.8, 4) is 0 Å². The molecule has 1 N–H and O–H groups in total. The van der Waals surface area contributed by atoms with Gasteiger partial charge in [0.25, 0.3) is 0 Å². The molecule has 22 heavy (non-hydrogen) atoms. The molecule has 124 valence electrons. The Morgan fingerprint density at radius 1 is 1.55 bits per heavy atom. The van der Waals surface area contributed by atoms with E-state index in [1.165, 1.54) is 0 Å². The number of piperidine rings is 1. The highest BCUT2D eigenvalue weighted by Gasteiger charge is 2.27. The molecule has 1 amide bonds. The molecule has 5 nitrogen and oxygen atoms in total. The topological polar surface area (TPSA) is 54.7 Å². The summed E-state index contributed by atoms with van der Waals surface area (Å²) in [5.74, 6) is 1.40. The Kier molecular flexibility index (Phi) is 5.51. The van der Waals surface area contributed by atoms with Crippen LogP contribution in [0.25, 0.3) is 0 Å². The number of carbonyl (C=O) groups excluding carboxylic acids is 1. The van der Waals surface area contributed by atoms with Crippen molar-refractivity contribution in [2.24, 2.45) is 5.92 Å². The lowest BCUT2D eigenvalue weighted by Gasteiger charge is -2.34. The van der Waals surface area contributed by atoms with Gasteiger partial charge >= 0.3 is 6.09 Å². The Morgan fingerprint density at radius 3 is 2.95 bits per heavy atom. The number of carbonyl (C=O) groups is 1. The maximum Gasteiger partial charge on any atom is 0.410 e. The van der Waals surface area contributed by atoms with Crippen molar-refractivity contribution in [3.05, 3.63) is 24.2 Å². The van der Waals surface area contributed by atoms with Crippen LogP contribution in [0.2, 0.25) is 0 Å². The fraction of sp³-hybridized carbons (Fsp3) is 0.706. The molecule has 2 atom stereocenters. The summed E-state index contributed by atoms with van der Waals surface area (Å²) in [6.45, 7) is 10.2. The van der Waals surface area contributed by atoms with E-state index in [0.717, 1.165) is 38.2 Å². The zero-order chi connectivity index (χ0) is 16.2. The molecule has 1 aliphatic rings. The van der Waals surface area contributed by atoms with E-state index in [1.54, 1.807) is 6.26 Å². The van der Waals surface area contributed by atoms with Crippen LogP contribution >= 0.6 is 0 Å². The predicted octanol–water partition coefficient (Wildman–Crippen LogP) is 3.58. The van der Waals surface area contributed by atoms with Crippen LogP contribution in [0.5, 0.6) is 0 Å². The van der Waals surface area contributed by atoms with E-state index in [1.807, 2.05) is 37.8 Å². The number of amides is 1. The van der Waals surface area contributed by atoms with Gasteiger partial charge in [0.1, 0.15) is 11.4 Å². The van der Waals surface area contributed by atoms with E-state index in [-0.39, 0.29) is 12.1 Å². The molecule has 2 rings (SSSR count). The maximum atomic E-state index is 12.2. The highest BCUT2D eigenvalue weighted by Crippen LogP contribution is 2.20. The summed E-state index contributed by atoms with van der Waals surface area (Å²) < 4.78 is 10.9. The Labute approximate surface area is 133 Å². The number of likely N-dealkylation sites (tertiary alicyclic amines) is 1. The van der Waals surface area contributed by atoms with E-state index in [9.17, 15) is 4.79 Å². The smallest absolute Gasteiger partial charge is 0.410 e. The lowest BCUT2D eigenvalue weighted by Crippen LogP contribution is -2.45. The van der Waals surface area contributed by atoms with Crippen molar-refractivity contribution in [2.75, 3.05) is 19.6 Å². The van der Waals surface area contributed by atoms with Gasteiger partial charge in [-0.05, 0) is 58.6 Å². The average Bonchev–Trinajstić information content (AvgIpc) is 2.97. The van der Waals surface area contributed by atoms with E-state index < -0.39 is 5.60 Å². The first-order chi connectivity index (χ1) is 10.3. The molecule has 0 aliphatic carbocycles. The molecular weight excluding hydrogens is 280 g/mol. The molecule has 2 heterocycles. The minimum atomic E-state index is -0.434. The number of nitrogens with zero attached hydrogens (tertiary/aromatic N) is 1.